The maximum absolute atomic E-state index is 12.6. The number of rotatable bonds is 6. The van der Waals surface area contributed by atoms with Crippen LogP contribution >= 0.6 is 0 Å². The fraction of sp³-hybridized carbons (Fsp3) is 0.0417. The molecule has 0 aliphatic rings. The molecule has 0 bridgehead atoms. The molecule has 1 heterocycles. The molecule has 4 rings (SSSR count). The number of carbonyl (C=O) groups excluding carboxylic acids is 1. The Bertz CT molecular complexity index is 1150. The second-order valence-electron chi connectivity index (χ2n) is 6.44. The zero-order chi connectivity index (χ0) is 20.8. The Kier molecular flexibility index (Phi) is 5.66. The number of aromatic nitrogens is 2. The van der Waals surface area contributed by atoms with Crippen molar-refractivity contribution in [2.24, 2.45) is 0 Å². The fourth-order valence-corrected chi connectivity index (χ4v) is 2.86. The van der Waals surface area contributed by atoms with Crippen molar-refractivity contribution in [2.75, 3.05) is 12.4 Å². The highest BCUT2D eigenvalue weighted by molar-refractivity contribution is 6.05. The van der Waals surface area contributed by atoms with Crippen molar-refractivity contribution in [3.05, 3.63) is 96.6 Å². The molecule has 30 heavy (non-hydrogen) atoms. The van der Waals surface area contributed by atoms with Crippen molar-refractivity contribution in [3.8, 4) is 28.6 Å². The lowest BCUT2D eigenvalue weighted by Crippen LogP contribution is -2.12. The Morgan fingerprint density at radius 1 is 0.800 bits per heavy atom. The number of nitrogens with one attached hydrogen (secondary N) is 1. The standard InChI is InChI=1S/C24H19N3O3/c1-29-21-12-6-9-19(16-21)25-24(28)18-8-5-7-17(15-18)22-13-14-23(27-26-22)30-20-10-3-2-4-11-20/h2-16H,1H3,(H,25,28). The fourth-order valence-electron chi connectivity index (χ4n) is 2.86. The van der Waals surface area contributed by atoms with Crippen LogP contribution in [0.3, 0.4) is 0 Å². The van der Waals surface area contributed by atoms with E-state index in [2.05, 4.69) is 15.5 Å². The molecule has 6 nitrogen and oxygen atoms in total. The molecular weight excluding hydrogens is 378 g/mol. The number of amides is 1. The number of hydrogen-bond donors (Lipinski definition) is 1. The van der Waals surface area contributed by atoms with Crippen LogP contribution < -0.4 is 14.8 Å². The predicted octanol–water partition coefficient (Wildman–Crippen LogP) is 5.20. The first-order valence-electron chi connectivity index (χ1n) is 9.34. The van der Waals surface area contributed by atoms with Crippen LogP contribution in [0.4, 0.5) is 5.69 Å². The first-order valence-corrected chi connectivity index (χ1v) is 9.34. The van der Waals surface area contributed by atoms with E-state index in [1.165, 1.54) is 0 Å². The Balaban J connectivity index is 1.49. The van der Waals surface area contributed by atoms with Gasteiger partial charge in [-0.05, 0) is 42.5 Å². The van der Waals surface area contributed by atoms with E-state index in [1.807, 2.05) is 60.7 Å². The van der Waals surface area contributed by atoms with Crippen LogP contribution in [0, 0.1) is 0 Å². The van der Waals surface area contributed by atoms with Crippen LogP contribution in [0.5, 0.6) is 17.4 Å². The van der Waals surface area contributed by atoms with Crippen LogP contribution in [0.1, 0.15) is 10.4 Å². The first kappa shape index (κ1) is 19.1. The lowest BCUT2D eigenvalue weighted by atomic mass is 10.1. The van der Waals surface area contributed by atoms with Gasteiger partial charge < -0.3 is 14.8 Å². The average molecular weight is 397 g/mol. The maximum atomic E-state index is 12.6. The zero-order valence-electron chi connectivity index (χ0n) is 16.3. The molecule has 0 aliphatic heterocycles. The number of ether oxygens (including phenoxy) is 2. The topological polar surface area (TPSA) is 73.3 Å². The molecular formula is C24H19N3O3. The summed E-state index contributed by atoms with van der Waals surface area (Å²) in [6.07, 6.45) is 0. The Morgan fingerprint density at radius 3 is 2.37 bits per heavy atom. The van der Waals surface area contributed by atoms with E-state index in [0.717, 1.165) is 5.56 Å². The molecule has 0 fully saturated rings. The largest absolute Gasteiger partial charge is 0.497 e. The van der Waals surface area contributed by atoms with E-state index in [9.17, 15) is 4.79 Å². The molecule has 148 valence electrons. The Labute approximate surface area is 174 Å². The average Bonchev–Trinajstić information content (AvgIpc) is 2.80. The Morgan fingerprint density at radius 2 is 1.60 bits per heavy atom. The van der Waals surface area contributed by atoms with Crippen molar-refractivity contribution in [1.29, 1.82) is 0 Å². The van der Waals surface area contributed by atoms with E-state index in [0.29, 0.717) is 34.3 Å². The number of anilines is 1. The number of methoxy groups -OCH3 is 1. The van der Waals surface area contributed by atoms with Crippen LogP contribution in [-0.2, 0) is 0 Å². The van der Waals surface area contributed by atoms with Crippen molar-refractivity contribution < 1.29 is 14.3 Å². The highest BCUT2D eigenvalue weighted by Gasteiger charge is 2.10. The van der Waals surface area contributed by atoms with Crippen molar-refractivity contribution >= 4 is 11.6 Å². The minimum Gasteiger partial charge on any atom is -0.497 e. The van der Waals surface area contributed by atoms with Gasteiger partial charge in [0.25, 0.3) is 5.91 Å². The van der Waals surface area contributed by atoms with Gasteiger partial charge in [-0.3, -0.25) is 4.79 Å². The molecule has 0 saturated carbocycles. The summed E-state index contributed by atoms with van der Waals surface area (Å²) in [5, 5.41) is 11.2. The summed E-state index contributed by atoms with van der Waals surface area (Å²) in [6.45, 7) is 0. The second kappa shape index (κ2) is 8.87. The molecule has 1 aromatic heterocycles. The van der Waals surface area contributed by atoms with Gasteiger partial charge in [-0.25, -0.2) is 0 Å². The monoisotopic (exact) mass is 397 g/mol. The van der Waals surface area contributed by atoms with Gasteiger partial charge in [-0.15, -0.1) is 10.2 Å². The summed E-state index contributed by atoms with van der Waals surface area (Å²) in [6, 6.07) is 27.4. The van der Waals surface area contributed by atoms with Crippen molar-refractivity contribution in [2.45, 2.75) is 0 Å². The molecule has 1 N–H and O–H groups in total. The van der Waals surface area contributed by atoms with Gasteiger partial charge in [0, 0.05) is 28.9 Å². The summed E-state index contributed by atoms with van der Waals surface area (Å²) in [5.41, 5.74) is 2.60. The number of hydrogen-bond acceptors (Lipinski definition) is 5. The van der Waals surface area contributed by atoms with Crippen LogP contribution in [-0.4, -0.2) is 23.2 Å². The van der Waals surface area contributed by atoms with Gasteiger partial charge in [0.05, 0.1) is 12.8 Å². The van der Waals surface area contributed by atoms with Crippen LogP contribution in [0.15, 0.2) is 91.0 Å². The highest BCUT2D eigenvalue weighted by Crippen LogP contribution is 2.23. The van der Waals surface area contributed by atoms with Crippen molar-refractivity contribution in [3.63, 3.8) is 0 Å². The van der Waals surface area contributed by atoms with E-state index >= 15 is 0 Å². The van der Waals surface area contributed by atoms with Gasteiger partial charge in [0.15, 0.2) is 0 Å². The van der Waals surface area contributed by atoms with E-state index in [1.54, 1.807) is 37.4 Å². The molecule has 0 aliphatic carbocycles. The molecule has 0 spiro atoms. The van der Waals surface area contributed by atoms with Gasteiger partial charge in [0.2, 0.25) is 5.88 Å². The normalized spacial score (nSPS) is 10.3. The number of carbonyl (C=O) groups is 1. The first-order chi connectivity index (χ1) is 14.7. The van der Waals surface area contributed by atoms with Gasteiger partial charge in [0.1, 0.15) is 11.5 Å². The third-order valence-electron chi connectivity index (χ3n) is 4.35. The molecule has 1 amide bonds. The summed E-state index contributed by atoms with van der Waals surface area (Å²) >= 11 is 0. The smallest absolute Gasteiger partial charge is 0.255 e. The molecule has 4 aromatic rings. The summed E-state index contributed by atoms with van der Waals surface area (Å²) < 4.78 is 10.9. The molecule has 0 unspecified atom stereocenters. The Hall–Kier alpha value is -4.19. The van der Waals surface area contributed by atoms with Crippen molar-refractivity contribution in [1.82, 2.24) is 10.2 Å². The summed E-state index contributed by atoms with van der Waals surface area (Å²) in [7, 11) is 1.58. The highest BCUT2D eigenvalue weighted by atomic mass is 16.5. The SMILES string of the molecule is COc1cccc(NC(=O)c2cccc(-c3ccc(Oc4ccccc4)nn3)c2)c1. The molecule has 0 radical (unpaired) electrons. The molecule has 3 aromatic carbocycles. The predicted molar refractivity (Wildman–Crippen MR) is 115 cm³/mol. The molecule has 0 saturated heterocycles. The third kappa shape index (κ3) is 4.62. The minimum absolute atomic E-state index is 0.220. The minimum atomic E-state index is -0.220. The van der Waals surface area contributed by atoms with Gasteiger partial charge in [-0.2, -0.15) is 0 Å². The van der Waals surface area contributed by atoms with Gasteiger partial charge >= 0.3 is 0 Å². The zero-order valence-corrected chi connectivity index (χ0v) is 16.3. The van der Waals surface area contributed by atoms with E-state index in [4.69, 9.17) is 9.47 Å². The van der Waals surface area contributed by atoms with E-state index in [-0.39, 0.29) is 5.91 Å². The van der Waals surface area contributed by atoms with Gasteiger partial charge in [-0.1, -0.05) is 36.4 Å². The summed E-state index contributed by atoms with van der Waals surface area (Å²) in [4.78, 5) is 12.6. The maximum Gasteiger partial charge on any atom is 0.255 e. The summed E-state index contributed by atoms with van der Waals surface area (Å²) in [5.74, 6) is 1.55. The number of benzene rings is 3. The lowest BCUT2D eigenvalue weighted by molar-refractivity contribution is 0.102. The third-order valence-corrected chi connectivity index (χ3v) is 4.35. The second-order valence-corrected chi connectivity index (χ2v) is 6.44. The van der Waals surface area contributed by atoms with E-state index < -0.39 is 0 Å². The molecule has 6 heteroatoms. The lowest BCUT2D eigenvalue weighted by Gasteiger charge is -2.08. The number of para-hydroxylation sites is 1. The van der Waals surface area contributed by atoms with Crippen LogP contribution in [0.25, 0.3) is 11.3 Å². The van der Waals surface area contributed by atoms with Crippen LogP contribution in [0.2, 0.25) is 0 Å². The quantitative estimate of drug-likeness (QED) is 0.484. The number of nitrogens with zero attached hydrogens (tertiary/aromatic N) is 2. The molecule has 0 atom stereocenters.